The molecule has 3 aliphatic rings. The normalized spacial score (nSPS) is 18.2. The summed E-state index contributed by atoms with van der Waals surface area (Å²) in [5, 5.41) is 0. The average molecular weight is 795 g/mol. The number of aryl methyl sites for hydroxylation is 1. The van der Waals surface area contributed by atoms with Crippen LogP contribution in [-0.4, -0.2) is 83.6 Å². The van der Waals surface area contributed by atoms with E-state index in [0.717, 1.165) is 74.8 Å². The molecule has 0 saturated carbocycles. The van der Waals surface area contributed by atoms with Gasteiger partial charge >= 0.3 is 6.03 Å². The molecule has 0 aromatic heterocycles. The Labute approximate surface area is 351 Å². The molecule has 3 aromatic rings. The maximum atomic E-state index is 7.29. The number of quaternary nitrogens is 1. The summed E-state index contributed by atoms with van der Waals surface area (Å²) >= 11 is 0. The molecule has 3 heterocycles. The lowest BCUT2D eigenvalue weighted by Crippen LogP contribution is -2.61. The third-order valence-electron chi connectivity index (χ3n) is 12.5. The van der Waals surface area contributed by atoms with Crippen molar-refractivity contribution < 1.29 is 32.6 Å². The van der Waals surface area contributed by atoms with Crippen LogP contribution in [0, 0.1) is 6.92 Å². The summed E-state index contributed by atoms with van der Waals surface area (Å²) in [4.78, 5) is 0. The van der Waals surface area contributed by atoms with E-state index in [1.54, 1.807) is 0 Å². The minimum atomic E-state index is -1.15. The smallest absolute Gasteiger partial charge is 0.493 e. The number of hydrogen-bond acceptors (Lipinski definition) is 4. The maximum absolute atomic E-state index is 7.29. The summed E-state index contributed by atoms with van der Waals surface area (Å²) in [5.74, 6) is 3.47. The van der Waals surface area contributed by atoms with Crippen molar-refractivity contribution in [3.8, 4) is 34.1 Å². The van der Waals surface area contributed by atoms with Crippen LogP contribution < -0.4 is 18.9 Å². The fraction of sp³-hybridized carbons (Fsp3) is 0.608. The van der Waals surface area contributed by atoms with Gasteiger partial charge in [0.05, 0.1) is 42.9 Å². The van der Waals surface area contributed by atoms with Gasteiger partial charge in [0.15, 0.2) is 23.9 Å². The molecule has 0 aliphatic carbocycles. The van der Waals surface area contributed by atoms with Crippen molar-refractivity contribution in [2.45, 2.75) is 157 Å². The minimum absolute atomic E-state index is 0.000254. The zero-order valence-corrected chi connectivity index (χ0v) is 38.6. The Kier molecular flexibility index (Phi) is 12.8. The molecule has 1 fully saturated rings. The lowest BCUT2D eigenvalue weighted by molar-refractivity contribution is -0.928. The Bertz CT molecular complexity index is 1990. The Morgan fingerprint density at radius 1 is 0.690 bits per heavy atom. The second-order valence-electron chi connectivity index (χ2n) is 20.1. The van der Waals surface area contributed by atoms with Gasteiger partial charge in [0.25, 0.3) is 0 Å². The maximum Gasteiger partial charge on any atom is 0.704 e. The van der Waals surface area contributed by atoms with Crippen LogP contribution in [0.2, 0.25) is 0 Å². The molecule has 58 heavy (non-hydrogen) atoms. The highest BCUT2D eigenvalue weighted by Crippen LogP contribution is 2.48. The molecule has 1 saturated heterocycles. The molecule has 316 valence electrons. The Balaban J connectivity index is 1.40. The zero-order chi connectivity index (χ0) is 42.1. The van der Waals surface area contributed by atoms with Crippen LogP contribution in [0.4, 0.5) is 0 Å². The lowest BCUT2D eigenvalue weighted by atomic mass is 9.79. The van der Waals surface area contributed by atoms with E-state index >= 15 is 0 Å². The van der Waals surface area contributed by atoms with E-state index in [1.807, 2.05) is 0 Å². The predicted molar refractivity (Wildman–Crippen MR) is 240 cm³/mol. The number of hydrogen-bond donors (Lipinski definition) is 0. The summed E-state index contributed by atoms with van der Waals surface area (Å²) in [6.07, 6.45) is 12.9. The third-order valence-corrected chi connectivity index (χ3v) is 12.5. The van der Waals surface area contributed by atoms with E-state index in [-0.39, 0.29) is 16.4 Å². The second kappa shape index (κ2) is 17.0. The third kappa shape index (κ3) is 8.72. The molecule has 6 rings (SSSR count). The minimum Gasteiger partial charge on any atom is -0.493 e. The number of ether oxygens (including phenoxy) is 4. The van der Waals surface area contributed by atoms with Crippen LogP contribution in [-0.2, 0) is 10.8 Å². The molecule has 7 heteroatoms. The predicted octanol–water partition coefficient (Wildman–Crippen LogP) is 11.4. The topological polar surface area (TPSA) is 42.9 Å². The van der Waals surface area contributed by atoms with E-state index < -0.39 is 6.03 Å². The van der Waals surface area contributed by atoms with Crippen molar-refractivity contribution in [1.82, 2.24) is 0 Å². The first kappa shape index (κ1) is 43.7. The molecule has 0 N–H and O–H groups in total. The average Bonchev–Trinajstić information content (AvgIpc) is 3.39. The Morgan fingerprint density at radius 2 is 1.28 bits per heavy atom. The number of benzene rings is 3. The zero-order valence-electron chi connectivity index (χ0n) is 38.6. The van der Waals surface area contributed by atoms with Crippen molar-refractivity contribution in [3.63, 3.8) is 0 Å². The van der Waals surface area contributed by atoms with Crippen molar-refractivity contribution in [3.05, 3.63) is 70.3 Å². The van der Waals surface area contributed by atoms with E-state index in [9.17, 15) is 0 Å². The van der Waals surface area contributed by atoms with Crippen LogP contribution in [0.15, 0.2) is 42.5 Å². The number of fused-ring (bicyclic) bond motifs is 2. The summed E-state index contributed by atoms with van der Waals surface area (Å²) < 4.78 is 33.6. The first-order valence-electron chi connectivity index (χ1n) is 22.6. The quantitative estimate of drug-likeness (QED) is 0.101. The first-order chi connectivity index (χ1) is 27.4. The van der Waals surface area contributed by atoms with Gasteiger partial charge in [-0.05, 0) is 90.5 Å². The highest BCUT2D eigenvalue weighted by Gasteiger charge is 2.75. The molecular weight excluding hydrogens is 719 g/mol. The number of unbranched alkanes of at least 4 members (excludes halogenated alkanes) is 3. The molecule has 7 nitrogen and oxygen atoms in total. The second-order valence-corrected chi connectivity index (χ2v) is 20.1. The van der Waals surface area contributed by atoms with Crippen LogP contribution in [0.3, 0.4) is 0 Å². The van der Waals surface area contributed by atoms with Crippen molar-refractivity contribution in [2.75, 3.05) is 45.9 Å². The summed E-state index contributed by atoms with van der Waals surface area (Å²) in [7, 11) is 0. The van der Waals surface area contributed by atoms with Gasteiger partial charge in [0.1, 0.15) is 24.7 Å². The van der Waals surface area contributed by atoms with Crippen molar-refractivity contribution >= 4 is 12.4 Å². The van der Waals surface area contributed by atoms with Gasteiger partial charge in [-0.25, -0.2) is 0 Å². The van der Waals surface area contributed by atoms with Gasteiger partial charge in [0.2, 0.25) is 12.1 Å². The van der Waals surface area contributed by atoms with E-state index in [1.165, 1.54) is 69.3 Å². The first-order valence-corrected chi connectivity index (χ1v) is 22.6. The van der Waals surface area contributed by atoms with Gasteiger partial charge in [-0.1, -0.05) is 110 Å². The Hall–Kier alpha value is -3.84. The van der Waals surface area contributed by atoms with Crippen molar-refractivity contribution in [1.29, 1.82) is 0 Å². The van der Waals surface area contributed by atoms with Crippen molar-refractivity contribution in [2.24, 2.45) is 0 Å². The van der Waals surface area contributed by atoms with E-state index in [0.29, 0.717) is 13.2 Å². The molecule has 1 spiro atoms. The van der Waals surface area contributed by atoms with Crippen LogP contribution >= 0.6 is 0 Å². The van der Waals surface area contributed by atoms with Gasteiger partial charge in [-0.2, -0.15) is 0 Å². The molecule has 1 unspecified atom stereocenters. The fourth-order valence-corrected chi connectivity index (χ4v) is 9.09. The van der Waals surface area contributed by atoms with Crippen LogP contribution in [0.1, 0.15) is 156 Å². The fourth-order valence-electron chi connectivity index (χ4n) is 9.09. The highest BCUT2D eigenvalue weighted by atomic mass is 16.7. The molecule has 0 amide bonds. The SMILES string of the molecule is CCCC[N+](CCCC)(CCCC)CCOc1cccc(OCCC)c1-c1cc(C)c2c(c1)C=[N+]1CC(C)(C)[N+]3=Cc4cc(C(C)(C)C)cc(C(C)(C)C)c4OC13O2. The standard InChI is InChI=1S/C51H76N3O4/c1-14-18-24-54(25-19-15-2,26-20-16-3)27-29-56-44-23-21-22-43(55-28-17-4)45(44)38-30-37(5)46-39(31-38)34-52-36-50(12,13)53-35-40-32-41(48(6,7)8)33-42(49(9,10)11)47(40)58-51(52,53)57-46/h21-23,30-35H,14-20,24-29,36H2,1-13H3/q+3. The van der Waals surface area contributed by atoms with Crippen LogP contribution in [0.5, 0.6) is 23.0 Å². The highest BCUT2D eigenvalue weighted by molar-refractivity contribution is 5.88. The van der Waals surface area contributed by atoms with Gasteiger partial charge < -0.3 is 23.4 Å². The molecule has 1 atom stereocenters. The number of rotatable bonds is 17. The molecule has 3 aliphatic heterocycles. The Morgan fingerprint density at radius 3 is 1.84 bits per heavy atom. The van der Waals surface area contributed by atoms with E-state index in [2.05, 4.69) is 154 Å². The summed E-state index contributed by atoms with van der Waals surface area (Å²) in [6, 6.07) is 14.3. The van der Waals surface area contributed by atoms with Crippen LogP contribution in [0.25, 0.3) is 11.1 Å². The molecule has 3 aromatic carbocycles. The lowest BCUT2D eigenvalue weighted by Gasteiger charge is -2.39. The molecule has 0 radical (unpaired) electrons. The molecular formula is C51H76N3O4+3. The monoisotopic (exact) mass is 795 g/mol. The van der Waals surface area contributed by atoms with Gasteiger partial charge in [-0.3, -0.25) is 0 Å². The summed E-state index contributed by atoms with van der Waals surface area (Å²) in [5.41, 5.74) is 7.35. The van der Waals surface area contributed by atoms with Gasteiger partial charge in [-0.15, -0.1) is 0 Å². The van der Waals surface area contributed by atoms with E-state index in [4.69, 9.17) is 18.9 Å². The summed E-state index contributed by atoms with van der Waals surface area (Å²) in [6.45, 7) is 36.2. The van der Waals surface area contributed by atoms with Gasteiger partial charge in [0, 0.05) is 19.4 Å². The molecule has 0 bridgehead atoms. The number of nitrogens with zero attached hydrogens (tertiary/aromatic N) is 3. The largest absolute Gasteiger partial charge is 0.704 e.